The molecule has 7 nitrogen and oxygen atoms in total. The number of rotatable bonds is 6. The van der Waals surface area contributed by atoms with Crippen LogP contribution < -0.4 is 14.8 Å². The molecule has 1 spiro atoms. The first kappa shape index (κ1) is 25.8. The van der Waals surface area contributed by atoms with Crippen molar-refractivity contribution in [1.29, 1.82) is 0 Å². The van der Waals surface area contributed by atoms with E-state index in [2.05, 4.69) is 5.32 Å². The number of amides is 1. The molecule has 7 rings (SSSR count). The zero-order chi connectivity index (χ0) is 29.0. The van der Waals surface area contributed by atoms with Gasteiger partial charge in [-0.05, 0) is 47.0 Å². The summed E-state index contributed by atoms with van der Waals surface area (Å²) < 4.78 is 11.1. The second-order valence-electron chi connectivity index (χ2n) is 10.7. The molecule has 0 unspecified atom stereocenters. The van der Waals surface area contributed by atoms with E-state index in [1.54, 1.807) is 42.5 Å². The first-order valence-corrected chi connectivity index (χ1v) is 13.8. The Hall–Kier alpha value is -5.17. The molecule has 4 aromatic carbocycles. The smallest absolute Gasteiger partial charge is 0.238 e. The summed E-state index contributed by atoms with van der Waals surface area (Å²) >= 11 is 0. The van der Waals surface area contributed by atoms with Crippen LogP contribution in [0.2, 0.25) is 0 Å². The summed E-state index contributed by atoms with van der Waals surface area (Å²) in [5.41, 5.74) is 2.49. The van der Waals surface area contributed by atoms with Crippen LogP contribution in [-0.4, -0.2) is 42.6 Å². The number of nitrogens with zero attached hydrogens (tertiary/aromatic N) is 1. The number of ether oxygens (including phenoxy) is 2. The molecule has 3 aliphatic heterocycles. The molecule has 1 fully saturated rings. The first-order chi connectivity index (χ1) is 20.5. The number of carbonyl (C=O) groups is 3. The molecular weight excluding hydrogens is 528 g/mol. The van der Waals surface area contributed by atoms with Crippen LogP contribution in [0.5, 0.6) is 11.5 Å². The lowest BCUT2D eigenvalue weighted by atomic mass is 9.62. The quantitative estimate of drug-likeness (QED) is 0.308. The highest BCUT2D eigenvalue weighted by molar-refractivity contribution is 6.17. The molecule has 1 N–H and O–H groups in total. The SMILES string of the molecule is COc1ccc(OC)c(C(=O)[C@@H]2[C@H](C(=O)c3ccccc3)[C@@]3(C(=O)Nc4ccccc43)[C@H]3c4ccccc4C=CN23)c1. The van der Waals surface area contributed by atoms with Gasteiger partial charge in [0, 0.05) is 17.5 Å². The van der Waals surface area contributed by atoms with E-state index in [1.165, 1.54) is 14.2 Å². The highest BCUT2D eigenvalue weighted by atomic mass is 16.5. The van der Waals surface area contributed by atoms with Gasteiger partial charge >= 0.3 is 0 Å². The van der Waals surface area contributed by atoms with E-state index in [-0.39, 0.29) is 23.0 Å². The maximum atomic E-state index is 14.9. The molecule has 1 amide bonds. The fraction of sp³-hybridized carbons (Fsp3) is 0.171. The van der Waals surface area contributed by atoms with Gasteiger partial charge in [0.05, 0.1) is 31.7 Å². The lowest BCUT2D eigenvalue weighted by molar-refractivity contribution is -0.122. The van der Waals surface area contributed by atoms with Crippen molar-refractivity contribution in [3.8, 4) is 11.5 Å². The molecule has 0 saturated carbocycles. The van der Waals surface area contributed by atoms with Crippen LogP contribution in [0.3, 0.4) is 0 Å². The van der Waals surface area contributed by atoms with E-state index in [1.807, 2.05) is 71.8 Å². The minimum Gasteiger partial charge on any atom is -0.497 e. The van der Waals surface area contributed by atoms with Crippen LogP contribution in [0.1, 0.15) is 43.4 Å². The molecule has 0 aliphatic carbocycles. The largest absolute Gasteiger partial charge is 0.497 e. The van der Waals surface area contributed by atoms with E-state index in [0.717, 1.165) is 11.1 Å². The lowest BCUT2D eigenvalue weighted by Crippen LogP contribution is -2.49. The van der Waals surface area contributed by atoms with Crippen LogP contribution in [0, 0.1) is 5.92 Å². The summed E-state index contributed by atoms with van der Waals surface area (Å²) in [6.07, 6.45) is 3.80. The number of Topliss-reactive ketones (excluding diaryl/α,β-unsaturated/α-hetero) is 2. The molecule has 3 heterocycles. The van der Waals surface area contributed by atoms with Crippen molar-refractivity contribution in [2.75, 3.05) is 19.5 Å². The van der Waals surface area contributed by atoms with Crippen molar-refractivity contribution in [2.24, 2.45) is 5.92 Å². The third-order valence-corrected chi connectivity index (χ3v) is 8.85. The molecule has 0 aromatic heterocycles. The number of methoxy groups -OCH3 is 2. The Morgan fingerprint density at radius 1 is 0.833 bits per heavy atom. The summed E-state index contributed by atoms with van der Waals surface area (Å²) in [6.45, 7) is 0. The van der Waals surface area contributed by atoms with Gasteiger partial charge in [0.25, 0.3) is 0 Å². The Morgan fingerprint density at radius 3 is 2.36 bits per heavy atom. The van der Waals surface area contributed by atoms with E-state index in [4.69, 9.17) is 9.47 Å². The normalized spacial score (nSPS) is 23.1. The molecule has 7 heteroatoms. The van der Waals surface area contributed by atoms with E-state index in [9.17, 15) is 14.4 Å². The number of anilines is 1. The number of fused-ring (bicyclic) bond motifs is 6. The molecule has 208 valence electrons. The second-order valence-corrected chi connectivity index (χ2v) is 10.7. The maximum Gasteiger partial charge on any atom is 0.238 e. The number of nitrogens with one attached hydrogen (secondary N) is 1. The Labute approximate surface area is 243 Å². The molecule has 42 heavy (non-hydrogen) atoms. The Kier molecular flexibility index (Phi) is 5.97. The number of hydrogen-bond donors (Lipinski definition) is 1. The maximum absolute atomic E-state index is 14.9. The zero-order valence-corrected chi connectivity index (χ0v) is 23.1. The van der Waals surface area contributed by atoms with Crippen molar-refractivity contribution < 1.29 is 23.9 Å². The number of hydrogen-bond acceptors (Lipinski definition) is 6. The fourth-order valence-electron chi connectivity index (χ4n) is 7.12. The van der Waals surface area contributed by atoms with Crippen molar-refractivity contribution in [3.05, 3.63) is 131 Å². The molecule has 0 bridgehead atoms. The van der Waals surface area contributed by atoms with Gasteiger partial charge in [0.2, 0.25) is 5.91 Å². The van der Waals surface area contributed by atoms with Gasteiger partial charge < -0.3 is 19.7 Å². The van der Waals surface area contributed by atoms with Crippen LogP contribution in [0.15, 0.2) is 103 Å². The van der Waals surface area contributed by atoms with Crippen LogP contribution in [0.4, 0.5) is 5.69 Å². The molecule has 1 saturated heterocycles. The van der Waals surface area contributed by atoms with Gasteiger partial charge in [-0.15, -0.1) is 0 Å². The fourth-order valence-corrected chi connectivity index (χ4v) is 7.12. The van der Waals surface area contributed by atoms with Crippen molar-refractivity contribution in [2.45, 2.75) is 17.5 Å². The summed E-state index contributed by atoms with van der Waals surface area (Å²) in [6, 6.07) is 27.6. The molecular formula is C35H28N2O5. The van der Waals surface area contributed by atoms with Crippen molar-refractivity contribution in [1.82, 2.24) is 4.90 Å². The summed E-state index contributed by atoms with van der Waals surface area (Å²) in [4.78, 5) is 46.1. The Balaban J connectivity index is 1.54. The average molecular weight is 557 g/mol. The summed E-state index contributed by atoms with van der Waals surface area (Å²) in [5.74, 6) is -1.12. The highest BCUT2D eigenvalue weighted by Gasteiger charge is 2.70. The van der Waals surface area contributed by atoms with Gasteiger partial charge in [0.1, 0.15) is 23.0 Å². The Bertz CT molecular complexity index is 1780. The molecule has 0 radical (unpaired) electrons. The minimum absolute atomic E-state index is 0.275. The molecule has 3 aliphatic rings. The number of carbonyl (C=O) groups excluding carboxylic acids is 3. The highest BCUT2D eigenvalue weighted by Crippen LogP contribution is 2.62. The average Bonchev–Trinajstić information content (AvgIpc) is 3.52. The van der Waals surface area contributed by atoms with E-state index >= 15 is 0 Å². The predicted octanol–water partition coefficient (Wildman–Crippen LogP) is 5.69. The first-order valence-electron chi connectivity index (χ1n) is 13.8. The van der Waals surface area contributed by atoms with Crippen LogP contribution in [0.25, 0.3) is 6.08 Å². The number of benzene rings is 4. The second kappa shape index (κ2) is 9.73. The number of ketones is 2. The van der Waals surface area contributed by atoms with E-state index < -0.39 is 23.4 Å². The van der Waals surface area contributed by atoms with Gasteiger partial charge in [-0.3, -0.25) is 14.4 Å². The predicted molar refractivity (Wildman–Crippen MR) is 159 cm³/mol. The standard InChI is InChI=1S/C35H28N2O5/c1-41-23-16-17-28(42-2)25(20-23)32(39)30-29(31(38)22-11-4-3-5-12-22)35(26-14-8-9-15-27(26)36-34(35)40)33-24-13-7-6-10-21(24)18-19-37(30)33/h3-20,29-30,33H,1-2H3,(H,36,40)/t29-,30+,33-,35-/m1/s1. The van der Waals surface area contributed by atoms with Gasteiger partial charge in [-0.2, -0.15) is 0 Å². The van der Waals surface area contributed by atoms with E-state index in [0.29, 0.717) is 28.3 Å². The minimum atomic E-state index is -1.39. The molecule has 4 atom stereocenters. The topological polar surface area (TPSA) is 84.9 Å². The monoisotopic (exact) mass is 556 g/mol. The summed E-state index contributed by atoms with van der Waals surface area (Å²) in [5, 5.41) is 3.07. The summed E-state index contributed by atoms with van der Waals surface area (Å²) in [7, 11) is 3.03. The van der Waals surface area contributed by atoms with Gasteiger partial charge in [0.15, 0.2) is 11.6 Å². The van der Waals surface area contributed by atoms with Crippen LogP contribution in [-0.2, 0) is 10.2 Å². The third-order valence-electron chi connectivity index (χ3n) is 8.85. The van der Waals surface area contributed by atoms with Crippen LogP contribution >= 0.6 is 0 Å². The van der Waals surface area contributed by atoms with Gasteiger partial charge in [-0.25, -0.2) is 0 Å². The zero-order valence-electron chi connectivity index (χ0n) is 23.1. The number of para-hydroxylation sites is 1. The third kappa shape index (κ3) is 3.49. The lowest BCUT2D eigenvalue weighted by Gasteiger charge is -2.38. The van der Waals surface area contributed by atoms with Gasteiger partial charge in [-0.1, -0.05) is 72.8 Å². The Morgan fingerprint density at radius 2 is 1.57 bits per heavy atom. The molecule has 4 aromatic rings. The van der Waals surface area contributed by atoms with Crippen molar-refractivity contribution >= 4 is 29.2 Å². The van der Waals surface area contributed by atoms with Crippen molar-refractivity contribution in [3.63, 3.8) is 0 Å².